The maximum Gasteiger partial charge on any atom is 0.411 e. The Balaban J connectivity index is 1.13. The maximum absolute atomic E-state index is 14.3. The zero-order valence-corrected chi connectivity index (χ0v) is 32.3. The first kappa shape index (κ1) is 42.3. The molecule has 0 unspecified atom stereocenters. The zero-order valence-electron chi connectivity index (χ0n) is 32.3. The minimum Gasteiger partial charge on any atom is -0.477 e. The number of nitrogens with zero attached hydrogens (tertiary/aromatic N) is 2. The molecule has 4 aromatic rings. The van der Waals surface area contributed by atoms with Gasteiger partial charge in [-0.3, -0.25) is 19.5 Å². The summed E-state index contributed by atoms with van der Waals surface area (Å²) in [5.74, 6) is -17.0. The number of aromatic nitrogens is 3. The molecule has 0 bridgehead atoms. The Labute approximate surface area is 335 Å². The average molecular weight is 822 g/mol. The predicted molar refractivity (Wildman–Crippen MR) is 205 cm³/mol. The number of carbonyl (C=O) groups excluding carboxylic acids is 4. The molecule has 14 nitrogen and oxygen atoms in total. The van der Waals surface area contributed by atoms with Crippen molar-refractivity contribution in [3.63, 3.8) is 0 Å². The van der Waals surface area contributed by atoms with Gasteiger partial charge in [-0.2, -0.15) is 22.7 Å². The Morgan fingerprint density at radius 1 is 0.898 bits per heavy atom. The molecule has 0 radical (unpaired) electrons. The summed E-state index contributed by atoms with van der Waals surface area (Å²) in [6.45, 7) is 6.19. The van der Waals surface area contributed by atoms with Crippen LogP contribution in [0.1, 0.15) is 73.8 Å². The molecule has 0 saturated heterocycles. The van der Waals surface area contributed by atoms with Gasteiger partial charge in [0, 0.05) is 42.2 Å². The highest BCUT2D eigenvalue weighted by Crippen LogP contribution is 2.42. The Morgan fingerprint density at radius 2 is 1.54 bits per heavy atom. The third-order valence-corrected chi connectivity index (χ3v) is 10.2. The number of aromatic amines is 1. The number of benzene rings is 3. The lowest BCUT2D eigenvalue weighted by molar-refractivity contribution is -0.231. The first-order valence-corrected chi connectivity index (χ1v) is 18.9. The molecule has 3 aromatic carbocycles. The standard InChI is InChI=1S/C41H43F4N7O7/c1-39(2,3)59-38(58)47-20-23-6-10-26(11-7-23)33(53)49-31(18-22-4-8-24(9-5-22)27-14-17-30-28(19-27)21-46-34(30)54)35(55)48-29-15-12-25(13-16-29)32-50-36(52-51-32)40(42,43)41(44,45)37(56)57/h4-5,8-9,12-17,19,23,26,31H,6-7,10-11,18,20-21H2,1-3H3,(H,46,54)(H,47,58)(H,48,55)(H,49,53)(H,56,57)(H,50,51,52)/t23?,26?,31-/m0/s1. The summed E-state index contributed by atoms with van der Waals surface area (Å²) in [4.78, 5) is 65.8. The van der Waals surface area contributed by atoms with Gasteiger partial charge in [-0.15, -0.1) is 0 Å². The molecule has 59 heavy (non-hydrogen) atoms. The minimum atomic E-state index is -5.46. The molecule has 1 aromatic heterocycles. The van der Waals surface area contributed by atoms with Crippen LogP contribution in [0, 0.1) is 11.8 Å². The van der Waals surface area contributed by atoms with Gasteiger partial charge in [-0.05, 0) is 111 Å². The van der Waals surface area contributed by atoms with Crippen molar-refractivity contribution in [1.29, 1.82) is 0 Å². The van der Waals surface area contributed by atoms with Gasteiger partial charge in [0.25, 0.3) is 5.91 Å². The number of carboxylic acids is 1. The fraction of sp³-hybridized carbons (Fsp3) is 0.390. The van der Waals surface area contributed by atoms with E-state index >= 15 is 0 Å². The van der Waals surface area contributed by atoms with E-state index in [9.17, 15) is 41.5 Å². The summed E-state index contributed by atoms with van der Waals surface area (Å²) in [6, 6.07) is 17.5. The number of anilines is 1. The molecule has 1 saturated carbocycles. The fourth-order valence-electron chi connectivity index (χ4n) is 6.90. The second-order valence-corrected chi connectivity index (χ2v) is 15.6. The smallest absolute Gasteiger partial charge is 0.411 e. The van der Waals surface area contributed by atoms with Gasteiger partial charge in [-0.25, -0.2) is 14.6 Å². The molecule has 2 aliphatic rings. The summed E-state index contributed by atoms with van der Waals surface area (Å²) >= 11 is 0. The minimum absolute atomic E-state index is 0.115. The molecular formula is C41H43F4N7O7. The lowest BCUT2D eigenvalue weighted by Crippen LogP contribution is -2.48. The van der Waals surface area contributed by atoms with Crippen molar-refractivity contribution < 1.29 is 51.4 Å². The lowest BCUT2D eigenvalue weighted by atomic mass is 9.81. The molecule has 1 atom stereocenters. The van der Waals surface area contributed by atoms with Gasteiger partial charge < -0.3 is 31.1 Å². The van der Waals surface area contributed by atoms with E-state index in [0.29, 0.717) is 44.3 Å². The second-order valence-electron chi connectivity index (χ2n) is 15.6. The molecule has 0 spiro atoms. The number of fused-ring (bicyclic) bond motifs is 1. The molecule has 1 aliphatic heterocycles. The molecule has 6 rings (SSSR count). The van der Waals surface area contributed by atoms with Crippen LogP contribution in [0.3, 0.4) is 0 Å². The molecule has 18 heteroatoms. The van der Waals surface area contributed by atoms with E-state index in [2.05, 4.69) is 36.4 Å². The predicted octanol–water partition coefficient (Wildman–Crippen LogP) is 6.19. The quantitative estimate of drug-likeness (QED) is 0.0850. The number of H-pyrrole nitrogens is 1. The summed E-state index contributed by atoms with van der Waals surface area (Å²) < 4.78 is 61.2. The fourth-order valence-corrected chi connectivity index (χ4v) is 6.90. The second kappa shape index (κ2) is 16.9. The Kier molecular flexibility index (Phi) is 12.1. The van der Waals surface area contributed by atoms with Crippen LogP contribution in [0.25, 0.3) is 22.5 Å². The molecule has 6 N–H and O–H groups in total. The highest BCUT2D eigenvalue weighted by Gasteiger charge is 2.66. The number of carbonyl (C=O) groups is 5. The lowest BCUT2D eigenvalue weighted by Gasteiger charge is -2.29. The first-order chi connectivity index (χ1) is 27.8. The number of alkyl carbamates (subject to hydrolysis) is 1. The van der Waals surface area contributed by atoms with Gasteiger partial charge in [0.1, 0.15) is 11.6 Å². The topological polar surface area (TPSA) is 204 Å². The van der Waals surface area contributed by atoms with Crippen molar-refractivity contribution in [2.75, 3.05) is 11.9 Å². The van der Waals surface area contributed by atoms with E-state index in [-0.39, 0.29) is 47.1 Å². The first-order valence-electron chi connectivity index (χ1n) is 18.9. The number of alkyl halides is 4. The Bertz CT molecular complexity index is 2220. The van der Waals surface area contributed by atoms with Crippen molar-refractivity contribution >= 4 is 35.5 Å². The third kappa shape index (κ3) is 9.87. The van der Waals surface area contributed by atoms with Gasteiger partial charge in [-0.1, -0.05) is 30.3 Å². The van der Waals surface area contributed by atoms with Crippen LogP contribution in [-0.2, 0) is 38.0 Å². The maximum atomic E-state index is 14.3. The van der Waals surface area contributed by atoms with Crippen molar-refractivity contribution in [1.82, 2.24) is 31.1 Å². The van der Waals surface area contributed by atoms with Crippen molar-refractivity contribution in [3.8, 4) is 22.5 Å². The summed E-state index contributed by atoms with van der Waals surface area (Å²) in [7, 11) is 0. The zero-order chi connectivity index (χ0) is 42.7. The van der Waals surface area contributed by atoms with E-state index < -0.39 is 47.3 Å². The summed E-state index contributed by atoms with van der Waals surface area (Å²) in [6.07, 6.45) is 2.05. The number of carboxylic acid groups (broad SMARTS) is 1. The van der Waals surface area contributed by atoms with Gasteiger partial charge in [0.15, 0.2) is 5.82 Å². The highest BCUT2D eigenvalue weighted by molar-refractivity contribution is 5.99. The van der Waals surface area contributed by atoms with Crippen LogP contribution in [0.2, 0.25) is 0 Å². The molecular weight excluding hydrogens is 778 g/mol. The van der Waals surface area contributed by atoms with Crippen LogP contribution in [-0.4, -0.2) is 74.2 Å². The van der Waals surface area contributed by atoms with E-state index in [1.54, 1.807) is 26.8 Å². The van der Waals surface area contributed by atoms with Crippen molar-refractivity contribution in [2.45, 2.75) is 82.9 Å². The van der Waals surface area contributed by atoms with E-state index in [0.717, 1.165) is 22.3 Å². The molecule has 1 aliphatic carbocycles. The Hall–Kier alpha value is -6.33. The number of amides is 4. The molecule has 4 amide bonds. The number of rotatable bonds is 13. The van der Waals surface area contributed by atoms with Gasteiger partial charge in [0.05, 0.1) is 0 Å². The number of halogens is 4. The van der Waals surface area contributed by atoms with Gasteiger partial charge >= 0.3 is 23.9 Å². The average Bonchev–Trinajstić information content (AvgIpc) is 3.84. The SMILES string of the molecule is CC(C)(C)OC(=O)NCC1CCC(C(=O)N[C@@H](Cc2ccc(-c3ccc4c(c3)CNC4=O)cc2)C(=O)Nc2ccc(-c3nc(C(F)(F)C(F)(F)C(=O)O)n[nH]3)cc2)CC1. The number of hydrogen-bond acceptors (Lipinski definition) is 8. The highest BCUT2D eigenvalue weighted by atomic mass is 19.3. The Morgan fingerprint density at radius 3 is 2.19 bits per heavy atom. The molecule has 1 fully saturated rings. The van der Waals surface area contributed by atoms with E-state index in [4.69, 9.17) is 9.84 Å². The number of nitrogens with one attached hydrogen (secondary N) is 5. The van der Waals surface area contributed by atoms with Crippen LogP contribution < -0.4 is 21.3 Å². The van der Waals surface area contributed by atoms with Crippen LogP contribution in [0.15, 0.2) is 66.7 Å². The van der Waals surface area contributed by atoms with E-state index in [1.165, 1.54) is 24.3 Å². The number of aliphatic carboxylic acids is 1. The third-order valence-electron chi connectivity index (χ3n) is 10.2. The number of hydrogen-bond donors (Lipinski definition) is 6. The molecule has 312 valence electrons. The van der Waals surface area contributed by atoms with Crippen molar-refractivity contribution in [3.05, 3.63) is 89.2 Å². The summed E-state index contributed by atoms with van der Waals surface area (Å²) in [5, 5.41) is 25.1. The van der Waals surface area contributed by atoms with Crippen molar-refractivity contribution in [2.24, 2.45) is 11.8 Å². The van der Waals surface area contributed by atoms with Crippen LogP contribution in [0.5, 0.6) is 0 Å². The molecule has 2 heterocycles. The van der Waals surface area contributed by atoms with Crippen LogP contribution >= 0.6 is 0 Å². The van der Waals surface area contributed by atoms with E-state index in [1.807, 2.05) is 36.4 Å². The normalized spacial score (nSPS) is 17.3. The number of ether oxygens (including phenoxy) is 1. The monoisotopic (exact) mass is 821 g/mol. The largest absolute Gasteiger partial charge is 0.477 e. The van der Waals surface area contributed by atoms with Gasteiger partial charge in [0.2, 0.25) is 17.6 Å². The van der Waals surface area contributed by atoms with Crippen LogP contribution in [0.4, 0.5) is 28.0 Å². The summed E-state index contributed by atoms with van der Waals surface area (Å²) in [5.41, 5.74) is 3.80.